The van der Waals surface area contributed by atoms with Gasteiger partial charge in [0.25, 0.3) is 15.9 Å². The van der Waals surface area contributed by atoms with E-state index in [9.17, 15) is 18.5 Å². The highest BCUT2D eigenvalue weighted by Gasteiger charge is 2.59. The standard InChI is InChI=1S/C36H41N7O8S/c1-4-50-33-28(7-5-14-38-33)36(39-35(45)41-22-26(23-41)40-16-12-25(13-17-40)42-15-6-18-51-42)29-19-24(21-37)8-10-30(29)43(34(36)44)52(46,47)32-11-9-27(48-2)20-31(32)49-3/h5,7-11,14,19-20,25-26H,4,6,12-13,15-18,22-23H2,1-3H3,(H,39,45). The number of urea groups is 1. The van der Waals surface area contributed by atoms with Crippen LogP contribution < -0.4 is 23.8 Å². The first-order valence-electron chi connectivity index (χ1n) is 17.3. The zero-order valence-corrected chi connectivity index (χ0v) is 30.1. The number of aromatic nitrogens is 1. The van der Waals surface area contributed by atoms with Crippen LogP contribution in [0.4, 0.5) is 10.5 Å². The minimum atomic E-state index is -4.70. The number of hydrogen-bond acceptors (Lipinski definition) is 12. The Hall–Kier alpha value is -4.95. The third-order valence-corrected chi connectivity index (χ3v) is 12.0. The van der Waals surface area contributed by atoms with E-state index in [1.54, 1.807) is 24.0 Å². The van der Waals surface area contributed by atoms with Gasteiger partial charge in [0.1, 0.15) is 16.4 Å². The zero-order chi connectivity index (χ0) is 36.6. The average molecular weight is 732 g/mol. The molecule has 274 valence electrons. The van der Waals surface area contributed by atoms with E-state index in [2.05, 4.69) is 26.3 Å². The van der Waals surface area contributed by atoms with E-state index in [0.717, 1.165) is 45.5 Å². The van der Waals surface area contributed by atoms with Crippen molar-refractivity contribution in [3.8, 4) is 23.4 Å². The van der Waals surface area contributed by atoms with Crippen LogP contribution in [-0.4, -0.2) is 112 Å². The van der Waals surface area contributed by atoms with Crippen molar-refractivity contribution < 1.29 is 37.1 Å². The zero-order valence-electron chi connectivity index (χ0n) is 29.3. The lowest BCUT2D eigenvalue weighted by Crippen LogP contribution is -2.67. The summed E-state index contributed by atoms with van der Waals surface area (Å²) in [6.45, 7) is 6.24. The summed E-state index contributed by atoms with van der Waals surface area (Å²) in [5.41, 5.74) is -1.84. The second kappa shape index (κ2) is 14.2. The maximum absolute atomic E-state index is 15.2. The fourth-order valence-corrected chi connectivity index (χ4v) is 9.15. The molecular formula is C36H41N7O8S. The molecule has 15 nitrogen and oxygen atoms in total. The first kappa shape index (κ1) is 35.5. The van der Waals surface area contributed by atoms with Crippen LogP contribution in [0.1, 0.15) is 42.9 Å². The molecule has 0 bridgehead atoms. The van der Waals surface area contributed by atoms with Gasteiger partial charge >= 0.3 is 6.03 Å². The predicted molar refractivity (Wildman–Crippen MR) is 187 cm³/mol. The molecule has 3 saturated heterocycles. The maximum Gasteiger partial charge on any atom is 0.318 e. The fraction of sp³-hybridized carbons (Fsp3) is 0.444. The summed E-state index contributed by atoms with van der Waals surface area (Å²) in [6.07, 6.45) is 4.47. The van der Waals surface area contributed by atoms with Gasteiger partial charge in [-0.1, -0.05) is 0 Å². The Labute approximate surface area is 302 Å². The number of rotatable bonds is 10. The summed E-state index contributed by atoms with van der Waals surface area (Å²) >= 11 is 0. The number of anilines is 1. The number of carbonyl (C=O) groups is 2. The molecule has 1 N–H and O–H groups in total. The molecule has 3 aromatic rings. The maximum atomic E-state index is 15.2. The van der Waals surface area contributed by atoms with Gasteiger partial charge in [-0.15, -0.1) is 0 Å². The van der Waals surface area contributed by atoms with Crippen molar-refractivity contribution in [2.45, 2.75) is 48.7 Å². The molecule has 3 amide bonds. The number of sulfonamides is 1. The number of hydrogen-bond donors (Lipinski definition) is 1. The Morgan fingerprint density at radius 3 is 2.52 bits per heavy atom. The van der Waals surface area contributed by atoms with E-state index in [4.69, 9.17) is 19.0 Å². The van der Waals surface area contributed by atoms with Gasteiger partial charge in [0, 0.05) is 62.6 Å². The van der Waals surface area contributed by atoms with Crippen LogP contribution in [0.5, 0.6) is 17.4 Å². The Morgan fingerprint density at radius 2 is 1.85 bits per heavy atom. The molecule has 1 atom stereocenters. The van der Waals surface area contributed by atoms with Crippen LogP contribution in [-0.2, 0) is 25.2 Å². The Kier molecular flexibility index (Phi) is 9.70. The molecule has 52 heavy (non-hydrogen) atoms. The number of likely N-dealkylation sites (tertiary alicyclic amines) is 2. The van der Waals surface area contributed by atoms with Crippen molar-refractivity contribution >= 4 is 27.6 Å². The molecule has 0 aliphatic carbocycles. The van der Waals surface area contributed by atoms with Gasteiger partial charge < -0.3 is 24.4 Å². The first-order valence-corrected chi connectivity index (χ1v) is 18.8. The lowest BCUT2D eigenvalue weighted by atomic mass is 9.83. The summed E-state index contributed by atoms with van der Waals surface area (Å²) in [5, 5.41) is 15.0. The van der Waals surface area contributed by atoms with Gasteiger partial charge in [-0.25, -0.2) is 18.2 Å². The van der Waals surface area contributed by atoms with Gasteiger partial charge in [0.15, 0.2) is 5.54 Å². The molecule has 0 spiro atoms. The van der Waals surface area contributed by atoms with Crippen LogP contribution >= 0.6 is 0 Å². The van der Waals surface area contributed by atoms with Gasteiger partial charge in [-0.05, 0) is 68.7 Å². The number of nitrogens with zero attached hydrogens (tertiary/aromatic N) is 6. The smallest absolute Gasteiger partial charge is 0.318 e. The van der Waals surface area contributed by atoms with E-state index < -0.39 is 27.5 Å². The van der Waals surface area contributed by atoms with Gasteiger partial charge in [-0.3, -0.25) is 14.5 Å². The van der Waals surface area contributed by atoms with Crippen molar-refractivity contribution in [2.75, 3.05) is 64.5 Å². The number of methoxy groups -OCH3 is 2. The Balaban J connectivity index is 1.25. The van der Waals surface area contributed by atoms with Gasteiger partial charge in [0.05, 0.1) is 50.3 Å². The van der Waals surface area contributed by atoms with Gasteiger partial charge in [0.2, 0.25) is 5.88 Å². The lowest BCUT2D eigenvalue weighted by molar-refractivity contribution is -0.153. The van der Waals surface area contributed by atoms with Crippen LogP contribution in [0.2, 0.25) is 0 Å². The van der Waals surface area contributed by atoms with E-state index in [1.165, 1.54) is 56.8 Å². The monoisotopic (exact) mass is 731 g/mol. The summed E-state index contributed by atoms with van der Waals surface area (Å²) in [5.74, 6) is -0.678. The molecule has 1 unspecified atom stereocenters. The molecule has 4 aliphatic rings. The van der Waals surface area contributed by atoms with Crippen LogP contribution in [0.15, 0.2) is 59.6 Å². The highest BCUT2D eigenvalue weighted by atomic mass is 32.2. The molecule has 4 aliphatic heterocycles. The molecule has 0 radical (unpaired) electrons. The topological polar surface area (TPSA) is 167 Å². The van der Waals surface area contributed by atoms with E-state index in [0.29, 0.717) is 29.2 Å². The quantitative estimate of drug-likeness (QED) is 0.325. The van der Waals surface area contributed by atoms with Crippen molar-refractivity contribution in [1.29, 1.82) is 5.26 Å². The van der Waals surface area contributed by atoms with E-state index in [-0.39, 0.29) is 51.6 Å². The molecule has 0 saturated carbocycles. The number of amides is 3. The van der Waals surface area contributed by atoms with E-state index >= 15 is 4.79 Å². The normalized spacial score (nSPS) is 21.4. The van der Waals surface area contributed by atoms with Crippen LogP contribution in [0.25, 0.3) is 0 Å². The minimum Gasteiger partial charge on any atom is -0.497 e. The van der Waals surface area contributed by atoms with Crippen molar-refractivity contribution in [3.05, 3.63) is 71.4 Å². The number of hydroxylamine groups is 2. The lowest BCUT2D eigenvalue weighted by Gasteiger charge is -2.48. The van der Waals surface area contributed by atoms with Gasteiger partial charge in [-0.2, -0.15) is 14.6 Å². The minimum absolute atomic E-state index is 0.0274. The first-order chi connectivity index (χ1) is 25.2. The highest BCUT2D eigenvalue weighted by Crippen LogP contribution is 2.50. The summed E-state index contributed by atoms with van der Waals surface area (Å²) < 4.78 is 46.5. The predicted octanol–water partition coefficient (Wildman–Crippen LogP) is 2.84. The highest BCUT2D eigenvalue weighted by molar-refractivity contribution is 7.93. The van der Waals surface area contributed by atoms with Crippen molar-refractivity contribution in [1.82, 2.24) is 25.2 Å². The van der Waals surface area contributed by atoms with E-state index in [1.807, 2.05) is 0 Å². The number of benzene rings is 2. The molecular weight excluding hydrogens is 691 g/mol. The molecule has 2 aromatic carbocycles. The largest absolute Gasteiger partial charge is 0.497 e. The number of ether oxygens (including phenoxy) is 3. The second-order valence-electron chi connectivity index (χ2n) is 13.1. The Morgan fingerprint density at radius 1 is 1.06 bits per heavy atom. The fourth-order valence-electron chi connectivity index (χ4n) is 7.55. The summed E-state index contributed by atoms with van der Waals surface area (Å²) in [7, 11) is -1.95. The third-order valence-electron chi connectivity index (χ3n) is 10.2. The molecule has 3 fully saturated rings. The van der Waals surface area contributed by atoms with Crippen molar-refractivity contribution in [2.24, 2.45) is 0 Å². The molecule has 16 heteroatoms. The number of piperidine rings is 1. The number of carbonyl (C=O) groups excluding carboxylic acids is 2. The second-order valence-corrected chi connectivity index (χ2v) is 14.8. The van der Waals surface area contributed by atoms with Crippen LogP contribution in [0, 0.1) is 11.3 Å². The summed E-state index contributed by atoms with van der Waals surface area (Å²) in [6, 6.07) is 13.5. The number of fused-ring (bicyclic) bond motifs is 1. The number of pyridine rings is 1. The summed E-state index contributed by atoms with van der Waals surface area (Å²) in [4.78, 5) is 43.3. The molecule has 5 heterocycles. The molecule has 7 rings (SSSR count). The average Bonchev–Trinajstić information content (AvgIpc) is 3.77. The molecule has 1 aromatic heterocycles. The van der Waals surface area contributed by atoms with Crippen LogP contribution in [0.3, 0.4) is 0 Å². The Bertz CT molecular complexity index is 2000. The number of nitrogens with one attached hydrogen (secondary N) is 1. The third kappa shape index (κ3) is 5.97. The number of nitriles is 1. The van der Waals surface area contributed by atoms with Crippen molar-refractivity contribution in [3.63, 3.8) is 0 Å². The SMILES string of the molecule is CCOc1ncccc1C1(NC(=O)N2CC(N3CCC(N4CCCO4)CC3)C2)C(=O)N(S(=O)(=O)c2ccc(OC)cc2OC)c2ccc(C#N)cc21.